The Morgan fingerprint density at radius 2 is 2.09 bits per heavy atom. The van der Waals surface area contributed by atoms with Crippen molar-refractivity contribution in [1.82, 2.24) is 19.9 Å². The summed E-state index contributed by atoms with van der Waals surface area (Å²) < 4.78 is 1.60. The predicted octanol–water partition coefficient (Wildman–Crippen LogP) is 1.66. The van der Waals surface area contributed by atoms with Crippen LogP contribution in [0.25, 0.3) is 10.3 Å². The standard InChI is InChI=1S/C22H24N6O4S/c1-13(29)14-5-3-7-16(9-14)25-17(30)11-28-12-24-19-18(21(28)32)33-22(26-19)27-8-4-6-15(10-27)20(31)23-2/h3,5,7,9,12,15H,4,6,8,10-11H2,1-2H3,(H,23,31)(H,25,30)/t15-/m1/s1. The number of thiazole rings is 1. The number of nitrogens with one attached hydrogen (secondary N) is 2. The van der Waals surface area contributed by atoms with Gasteiger partial charge >= 0.3 is 0 Å². The molecule has 33 heavy (non-hydrogen) atoms. The normalized spacial score (nSPS) is 15.9. The SMILES string of the molecule is CNC(=O)[C@@H]1CCCN(c2nc3ncn(CC(=O)Nc4cccc(C(C)=O)c4)c(=O)c3s2)C1. The summed E-state index contributed by atoms with van der Waals surface area (Å²) >= 11 is 1.22. The molecule has 0 spiro atoms. The number of anilines is 2. The maximum atomic E-state index is 13.0. The Morgan fingerprint density at radius 3 is 2.85 bits per heavy atom. The summed E-state index contributed by atoms with van der Waals surface area (Å²) in [5.41, 5.74) is 0.941. The second-order valence-electron chi connectivity index (χ2n) is 7.91. The minimum Gasteiger partial charge on any atom is -0.359 e. The average Bonchev–Trinajstić information content (AvgIpc) is 3.26. The first-order valence-corrected chi connectivity index (χ1v) is 11.4. The zero-order chi connectivity index (χ0) is 23.5. The van der Waals surface area contributed by atoms with Gasteiger partial charge < -0.3 is 15.5 Å². The van der Waals surface area contributed by atoms with Crippen LogP contribution in [0.4, 0.5) is 10.8 Å². The Kier molecular flexibility index (Phi) is 6.50. The zero-order valence-corrected chi connectivity index (χ0v) is 19.1. The average molecular weight is 469 g/mol. The fourth-order valence-corrected chi connectivity index (χ4v) is 4.83. The van der Waals surface area contributed by atoms with E-state index in [0.29, 0.717) is 33.3 Å². The number of ketones is 1. The van der Waals surface area contributed by atoms with Gasteiger partial charge in [0, 0.05) is 31.4 Å². The van der Waals surface area contributed by atoms with Crippen LogP contribution in [0.15, 0.2) is 35.4 Å². The molecule has 172 valence electrons. The fraction of sp³-hybridized carbons (Fsp3) is 0.364. The number of hydrogen-bond acceptors (Lipinski definition) is 8. The first kappa shape index (κ1) is 22.6. The van der Waals surface area contributed by atoms with E-state index < -0.39 is 5.91 Å². The summed E-state index contributed by atoms with van der Waals surface area (Å²) in [6, 6.07) is 6.61. The van der Waals surface area contributed by atoms with Gasteiger partial charge in [0.2, 0.25) is 11.8 Å². The molecule has 1 fully saturated rings. The molecule has 1 aromatic carbocycles. The highest BCUT2D eigenvalue weighted by atomic mass is 32.1. The molecule has 1 atom stereocenters. The van der Waals surface area contributed by atoms with E-state index in [0.717, 1.165) is 19.4 Å². The van der Waals surface area contributed by atoms with E-state index in [9.17, 15) is 19.2 Å². The number of benzene rings is 1. The van der Waals surface area contributed by atoms with E-state index in [1.807, 2.05) is 4.90 Å². The lowest BCUT2D eigenvalue weighted by Crippen LogP contribution is -2.42. The van der Waals surface area contributed by atoms with Gasteiger partial charge in [0.15, 0.2) is 16.6 Å². The van der Waals surface area contributed by atoms with Crippen molar-refractivity contribution in [3.8, 4) is 0 Å². The maximum Gasteiger partial charge on any atom is 0.273 e. The lowest BCUT2D eigenvalue weighted by Gasteiger charge is -2.31. The number of hydrogen-bond donors (Lipinski definition) is 2. The predicted molar refractivity (Wildman–Crippen MR) is 126 cm³/mol. The van der Waals surface area contributed by atoms with Crippen molar-refractivity contribution in [2.45, 2.75) is 26.3 Å². The second-order valence-corrected chi connectivity index (χ2v) is 8.89. The van der Waals surface area contributed by atoms with Gasteiger partial charge in [-0.25, -0.2) is 4.98 Å². The van der Waals surface area contributed by atoms with Gasteiger partial charge in [-0.2, -0.15) is 4.98 Å². The summed E-state index contributed by atoms with van der Waals surface area (Å²) in [4.78, 5) is 59.8. The van der Waals surface area contributed by atoms with Crippen LogP contribution in [-0.2, 0) is 16.1 Å². The van der Waals surface area contributed by atoms with Gasteiger partial charge in [-0.15, -0.1) is 0 Å². The molecule has 0 bridgehead atoms. The van der Waals surface area contributed by atoms with Crippen molar-refractivity contribution in [3.05, 3.63) is 46.5 Å². The van der Waals surface area contributed by atoms with Crippen LogP contribution in [0.2, 0.25) is 0 Å². The van der Waals surface area contributed by atoms with Gasteiger partial charge in [0.1, 0.15) is 17.6 Å². The highest BCUT2D eigenvalue weighted by molar-refractivity contribution is 7.22. The summed E-state index contributed by atoms with van der Waals surface area (Å²) in [6.07, 6.45) is 2.98. The quantitative estimate of drug-likeness (QED) is 0.527. The molecule has 2 N–H and O–H groups in total. The molecule has 1 aliphatic rings. The van der Waals surface area contributed by atoms with E-state index in [-0.39, 0.29) is 29.7 Å². The largest absolute Gasteiger partial charge is 0.359 e. The van der Waals surface area contributed by atoms with Crippen molar-refractivity contribution in [2.75, 3.05) is 30.4 Å². The molecule has 3 heterocycles. The summed E-state index contributed by atoms with van der Waals surface area (Å²) in [5.74, 6) is -0.631. The van der Waals surface area contributed by atoms with E-state index >= 15 is 0 Å². The summed E-state index contributed by atoms with van der Waals surface area (Å²) in [7, 11) is 1.63. The molecule has 0 saturated carbocycles. The first-order valence-electron chi connectivity index (χ1n) is 10.6. The van der Waals surface area contributed by atoms with E-state index in [4.69, 9.17) is 0 Å². The number of Topliss-reactive ketones (excluding diaryl/α,β-unsaturated/α-hetero) is 1. The molecular formula is C22H24N6O4S. The first-order chi connectivity index (χ1) is 15.9. The van der Waals surface area contributed by atoms with Crippen molar-refractivity contribution in [3.63, 3.8) is 0 Å². The molecule has 0 unspecified atom stereocenters. The third-order valence-corrected chi connectivity index (χ3v) is 6.64. The van der Waals surface area contributed by atoms with Gasteiger partial charge in [-0.1, -0.05) is 23.5 Å². The fourth-order valence-electron chi connectivity index (χ4n) is 3.82. The Bertz CT molecular complexity index is 1280. The van der Waals surface area contributed by atoms with Gasteiger partial charge in [-0.3, -0.25) is 23.7 Å². The monoisotopic (exact) mass is 468 g/mol. The third-order valence-electron chi connectivity index (χ3n) is 5.55. The van der Waals surface area contributed by atoms with Gasteiger partial charge in [-0.05, 0) is 31.9 Å². The Balaban J connectivity index is 1.51. The minimum atomic E-state index is -0.409. The van der Waals surface area contributed by atoms with E-state index in [1.54, 1.807) is 31.3 Å². The Labute approximate surface area is 193 Å². The summed E-state index contributed by atoms with van der Waals surface area (Å²) in [6.45, 7) is 2.52. The molecular weight excluding hydrogens is 444 g/mol. The summed E-state index contributed by atoms with van der Waals surface area (Å²) in [5, 5.41) is 6.04. The topological polar surface area (TPSA) is 126 Å². The molecule has 4 rings (SSSR count). The Morgan fingerprint density at radius 1 is 1.27 bits per heavy atom. The molecule has 2 aromatic heterocycles. The van der Waals surface area contributed by atoms with Crippen LogP contribution in [0.3, 0.4) is 0 Å². The number of carbonyl (C=O) groups excluding carboxylic acids is 3. The third kappa shape index (κ3) is 4.92. The molecule has 0 aliphatic carbocycles. The number of piperidine rings is 1. The van der Waals surface area contributed by atoms with Crippen molar-refractivity contribution >= 4 is 50.1 Å². The smallest absolute Gasteiger partial charge is 0.273 e. The van der Waals surface area contributed by atoms with Crippen molar-refractivity contribution in [2.24, 2.45) is 5.92 Å². The van der Waals surface area contributed by atoms with Crippen LogP contribution >= 0.6 is 11.3 Å². The van der Waals surface area contributed by atoms with Crippen LogP contribution < -0.4 is 21.1 Å². The maximum absolute atomic E-state index is 13.0. The number of amides is 2. The van der Waals surface area contributed by atoms with Crippen LogP contribution in [-0.4, -0.2) is 52.3 Å². The molecule has 2 amide bonds. The van der Waals surface area contributed by atoms with Crippen LogP contribution in [0.1, 0.15) is 30.1 Å². The Hall–Kier alpha value is -3.60. The number of rotatable bonds is 6. The number of carbonyl (C=O) groups is 3. The van der Waals surface area contributed by atoms with E-state index in [2.05, 4.69) is 20.6 Å². The van der Waals surface area contributed by atoms with Crippen molar-refractivity contribution < 1.29 is 14.4 Å². The molecule has 1 saturated heterocycles. The van der Waals surface area contributed by atoms with Crippen LogP contribution in [0, 0.1) is 5.92 Å². The number of nitrogens with zero attached hydrogens (tertiary/aromatic N) is 4. The zero-order valence-electron chi connectivity index (χ0n) is 18.3. The number of aromatic nitrogens is 3. The second kappa shape index (κ2) is 9.49. The molecule has 3 aromatic rings. The molecule has 0 radical (unpaired) electrons. The molecule has 10 nitrogen and oxygen atoms in total. The minimum absolute atomic E-state index is 0.00106. The molecule has 11 heteroatoms. The lowest BCUT2D eigenvalue weighted by atomic mass is 9.98. The molecule has 1 aliphatic heterocycles. The van der Waals surface area contributed by atoms with Crippen LogP contribution in [0.5, 0.6) is 0 Å². The lowest BCUT2D eigenvalue weighted by molar-refractivity contribution is -0.124. The van der Waals surface area contributed by atoms with Gasteiger partial charge in [0.05, 0.1) is 5.92 Å². The van der Waals surface area contributed by atoms with E-state index in [1.165, 1.54) is 29.2 Å². The number of fused-ring (bicyclic) bond motifs is 1. The highest BCUT2D eigenvalue weighted by Gasteiger charge is 2.27. The highest BCUT2D eigenvalue weighted by Crippen LogP contribution is 2.29. The van der Waals surface area contributed by atoms with Crippen molar-refractivity contribution in [1.29, 1.82) is 0 Å². The van der Waals surface area contributed by atoms with Gasteiger partial charge in [0.25, 0.3) is 5.56 Å².